The lowest BCUT2D eigenvalue weighted by atomic mass is 10.1. The van der Waals surface area contributed by atoms with Gasteiger partial charge in [0.1, 0.15) is 5.75 Å². The molecule has 4 rings (SSSR count). The molecular weight excluding hydrogens is 501 g/mol. The van der Waals surface area contributed by atoms with E-state index in [4.69, 9.17) is 28.3 Å². The van der Waals surface area contributed by atoms with Gasteiger partial charge in [0.15, 0.2) is 0 Å². The molecule has 0 saturated heterocycles. The molecule has 0 fully saturated rings. The third-order valence-electron chi connectivity index (χ3n) is 4.71. The quantitative estimate of drug-likeness (QED) is 0.214. The molecule has 0 bridgehead atoms. The second-order valence-electron chi connectivity index (χ2n) is 7.94. The largest absolute Gasteiger partial charge is 0.508 e. The Hall–Kier alpha value is -2.90. The van der Waals surface area contributed by atoms with Crippen molar-refractivity contribution in [3.05, 3.63) is 104 Å². The smallest absolute Gasteiger partial charge is 0.211 e. The van der Waals surface area contributed by atoms with Crippen LogP contribution in [0.15, 0.2) is 88.4 Å². The summed E-state index contributed by atoms with van der Waals surface area (Å²) in [6.45, 7) is 4.18. The van der Waals surface area contributed by atoms with Crippen LogP contribution in [0, 0.1) is 0 Å². The Morgan fingerprint density at radius 1 is 1.00 bits per heavy atom. The van der Waals surface area contributed by atoms with Gasteiger partial charge in [-0.15, -0.1) is 16.4 Å². The van der Waals surface area contributed by atoms with E-state index < -0.39 is 0 Å². The van der Waals surface area contributed by atoms with E-state index in [-0.39, 0.29) is 11.9 Å². The first-order chi connectivity index (χ1) is 16.8. The van der Waals surface area contributed by atoms with Crippen molar-refractivity contribution >= 4 is 40.8 Å². The van der Waals surface area contributed by atoms with E-state index in [0.717, 1.165) is 34.6 Å². The number of phenols is 1. The summed E-state index contributed by atoms with van der Waals surface area (Å²) in [6.07, 6.45) is 2.35. The number of aromatic nitrogens is 1. The number of benzene rings is 3. The fourth-order valence-corrected chi connectivity index (χ4v) is 4.52. The van der Waals surface area contributed by atoms with Crippen LogP contribution in [0.1, 0.15) is 25.0 Å². The minimum absolute atomic E-state index is 0.167. The summed E-state index contributed by atoms with van der Waals surface area (Å²) >= 11 is 14.1. The van der Waals surface area contributed by atoms with Gasteiger partial charge in [0.05, 0.1) is 16.9 Å². The Balaban J connectivity index is 0.000000795. The molecule has 8 heteroatoms. The Morgan fingerprint density at radius 3 is 2.34 bits per heavy atom. The number of nitrogens with zero attached hydrogens (tertiary/aromatic N) is 3. The highest BCUT2D eigenvalue weighted by Crippen LogP contribution is 2.30. The number of aliphatic hydroxyl groups excluding tert-OH is 1. The molecule has 0 aliphatic carbocycles. The van der Waals surface area contributed by atoms with Crippen molar-refractivity contribution in [3.8, 4) is 17.0 Å². The number of halogens is 2. The molecule has 35 heavy (non-hydrogen) atoms. The van der Waals surface area contributed by atoms with Gasteiger partial charge in [-0.3, -0.25) is 0 Å². The summed E-state index contributed by atoms with van der Waals surface area (Å²) in [5, 5.41) is 29.4. The van der Waals surface area contributed by atoms with E-state index in [1.807, 2.05) is 35.7 Å². The summed E-state index contributed by atoms with van der Waals surface area (Å²) in [5.74, 6) is 0.218. The number of thiazole rings is 1. The molecule has 0 aliphatic heterocycles. The highest BCUT2D eigenvalue weighted by Gasteiger charge is 2.12. The van der Waals surface area contributed by atoms with Crippen molar-refractivity contribution in [3.63, 3.8) is 0 Å². The minimum atomic E-state index is -0.167. The molecule has 0 radical (unpaired) electrons. The molecule has 0 saturated carbocycles. The molecule has 1 aromatic heterocycles. The second-order valence-corrected chi connectivity index (χ2v) is 9.62. The maximum atomic E-state index is 9.41. The summed E-state index contributed by atoms with van der Waals surface area (Å²) in [5.41, 5.74) is 3.98. The lowest BCUT2D eigenvalue weighted by molar-refractivity contribution is 0.216. The standard InChI is InChI=1S/C24H19Cl2N3OS.C3H8O/c25-19-8-11-21(22(26)14-19)23-16-31-24(28-27-15-18-6-9-20(30)10-7-18)29(23)13-12-17-4-2-1-3-5-17;1-3(2)4/h1-11,14-16,30H,12-13H2;3-4H,1-2H3. The average molecular weight is 529 g/mol. The zero-order chi connectivity index (χ0) is 25.2. The van der Waals surface area contributed by atoms with Crippen LogP contribution in [0.4, 0.5) is 0 Å². The minimum Gasteiger partial charge on any atom is -0.508 e. The van der Waals surface area contributed by atoms with E-state index in [0.29, 0.717) is 10.0 Å². The SMILES string of the molecule is CC(C)O.Oc1ccc(C=NN=c2scc(-c3ccc(Cl)cc3Cl)n2CCc2ccccc2)cc1. The van der Waals surface area contributed by atoms with Crippen molar-refractivity contribution in [2.75, 3.05) is 0 Å². The number of hydrogen-bond acceptors (Lipinski definition) is 5. The second kappa shape index (κ2) is 13.3. The van der Waals surface area contributed by atoms with Crippen molar-refractivity contribution in [1.29, 1.82) is 0 Å². The molecule has 4 aromatic rings. The van der Waals surface area contributed by atoms with Gasteiger partial charge >= 0.3 is 0 Å². The van der Waals surface area contributed by atoms with Crippen LogP contribution < -0.4 is 4.80 Å². The zero-order valence-corrected chi connectivity index (χ0v) is 21.8. The lowest BCUT2D eigenvalue weighted by Crippen LogP contribution is -2.17. The Bertz CT molecular complexity index is 1310. The first kappa shape index (κ1) is 26.7. The molecule has 3 aromatic carbocycles. The number of aryl methyl sites for hydroxylation is 1. The van der Waals surface area contributed by atoms with Crippen molar-refractivity contribution in [2.45, 2.75) is 32.9 Å². The number of aromatic hydroxyl groups is 1. The van der Waals surface area contributed by atoms with Gasteiger partial charge in [-0.05, 0) is 73.9 Å². The molecule has 0 aliphatic rings. The van der Waals surface area contributed by atoms with Gasteiger partial charge in [-0.1, -0.05) is 53.5 Å². The zero-order valence-electron chi connectivity index (χ0n) is 19.5. The van der Waals surface area contributed by atoms with E-state index in [1.165, 1.54) is 16.9 Å². The van der Waals surface area contributed by atoms with E-state index in [9.17, 15) is 5.11 Å². The first-order valence-corrected chi connectivity index (χ1v) is 12.7. The third kappa shape index (κ3) is 8.37. The third-order valence-corrected chi connectivity index (χ3v) is 6.12. The van der Waals surface area contributed by atoms with Crippen molar-refractivity contribution in [1.82, 2.24) is 4.57 Å². The maximum Gasteiger partial charge on any atom is 0.211 e. The first-order valence-electron chi connectivity index (χ1n) is 11.1. The van der Waals surface area contributed by atoms with Gasteiger partial charge in [0, 0.05) is 28.6 Å². The van der Waals surface area contributed by atoms with Crippen molar-refractivity contribution in [2.24, 2.45) is 10.2 Å². The number of phenolic OH excluding ortho intramolecular Hbond substituents is 1. The molecular formula is C27H27Cl2N3O2S. The lowest BCUT2D eigenvalue weighted by Gasteiger charge is -2.10. The van der Waals surface area contributed by atoms with Gasteiger partial charge in [-0.25, -0.2) is 0 Å². The summed E-state index contributed by atoms with van der Waals surface area (Å²) in [7, 11) is 0. The molecule has 2 N–H and O–H groups in total. The van der Waals surface area contributed by atoms with Crippen LogP contribution in [-0.2, 0) is 13.0 Å². The van der Waals surface area contributed by atoms with E-state index in [1.54, 1.807) is 50.4 Å². The normalized spacial score (nSPS) is 11.7. The summed E-state index contributed by atoms with van der Waals surface area (Å²) < 4.78 is 2.13. The summed E-state index contributed by atoms with van der Waals surface area (Å²) in [4.78, 5) is 0.770. The number of rotatable bonds is 6. The summed E-state index contributed by atoms with van der Waals surface area (Å²) in [6, 6.07) is 22.6. The molecule has 1 heterocycles. The number of hydrogen-bond donors (Lipinski definition) is 2. The molecule has 0 spiro atoms. The monoisotopic (exact) mass is 527 g/mol. The highest BCUT2D eigenvalue weighted by molar-refractivity contribution is 7.07. The van der Waals surface area contributed by atoms with Crippen LogP contribution in [0.25, 0.3) is 11.3 Å². The Kier molecular flexibility index (Phi) is 10.1. The van der Waals surface area contributed by atoms with Gasteiger partial charge in [-0.2, -0.15) is 5.10 Å². The fraction of sp³-hybridized carbons (Fsp3) is 0.185. The maximum absolute atomic E-state index is 9.41. The van der Waals surface area contributed by atoms with Crippen LogP contribution in [0.3, 0.4) is 0 Å². The van der Waals surface area contributed by atoms with Crippen LogP contribution in [-0.4, -0.2) is 27.1 Å². The van der Waals surface area contributed by atoms with Crippen LogP contribution in [0.2, 0.25) is 10.0 Å². The predicted molar refractivity (Wildman–Crippen MR) is 147 cm³/mol. The van der Waals surface area contributed by atoms with E-state index in [2.05, 4.69) is 26.9 Å². The van der Waals surface area contributed by atoms with Crippen molar-refractivity contribution < 1.29 is 10.2 Å². The Morgan fingerprint density at radius 2 is 1.69 bits per heavy atom. The van der Waals surface area contributed by atoms with Crippen LogP contribution in [0.5, 0.6) is 5.75 Å². The highest BCUT2D eigenvalue weighted by atomic mass is 35.5. The molecule has 0 atom stereocenters. The van der Waals surface area contributed by atoms with Gasteiger partial charge in [0.2, 0.25) is 4.80 Å². The molecule has 0 unspecified atom stereocenters. The van der Waals surface area contributed by atoms with Crippen LogP contribution >= 0.6 is 34.5 Å². The average Bonchev–Trinajstić information content (AvgIpc) is 3.21. The van der Waals surface area contributed by atoms with Gasteiger partial charge in [0.25, 0.3) is 0 Å². The van der Waals surface area contributed by atoms with Gasteiger partial charge < -0.3 is 14.8 Å². The topological polar surface area (TPSA) is 70.1 Å². The number of aliphatic hydroxyl groups is 1. The predicted octanol–water partition coefficient (Wildman–Crippen LogP) is 6.79. The molecule has 182 valence electrons. The molecule has 0 amide bonds. The van der Waals surface area contributed by atoms with E-state index >= 15 is 0 Å². The fourth-order valence-electron chi connectivity index (χ4n) is 3.13. The molecule has 5 nitrogen and oxygen atoms in total. The Labute approximate surface area is 219 Å².